The zero-order valence-electron chi connectivity index (χ0n) is 16.2. The van der Waals surface area contributed by atoms with Crippen LogP contribution in [0.15, 0.2) is 54.6 Å². The quantitative estimate of drug-likeness (QED) is 0.679. The third-order valence-electron chi connectivity index (χ3n) is 4.56. The standard InChI is InChI=1S/C21H26F3N3O/c1-3-26(4-2)14-15-27(16-17-10-6-5-7-11-17)20(28)25-19-13-9-8-12-18(19)21(22,23)24/h5-13H,3-4,14-16H2,1-2H3,(H,25,28). The first-order valence-electron chi connectivity index (χ1n) is 9.33. The fourth-order valence-corrected chi connectivity index (χ4v) is 2.89. The molecule has 1 N–H and O–H groups in total. The van der Waals surface area contributed by atoms with E-state index in [9.17, 15) is 18.0 Å². The van der Waals surface area contributed by atoms with E-state index in [2.05, 4.69) is 10.2 Å². The van der Waals surface area contributed by atoms with Gasteiger partial charge in [-0.05, 0) is 30.8 Å². The number of anilines is 1. The van der Waals surface area contributed by atoms with Crippen molar-refractivity contribution in [2.45, 2.75) is 26.6 Å². The van der Waals surface area contributed by atoms with E-state index in [0.717, 1.165) is 24.7 Å². The predicted molar refractivity (Wildman–Crippen MR) is 105 cm³/mol. The molecule has 2 rings (SSSR count). The van der Waals surface area contributed by atoms with Gasteiger partial charge in [0.25, 0.3) is 0 Å². The third kappa shape index (κ3) is 6.27. The number of likely N-dealkylation sites (N-methyl/N-ethyl adjacent to an activating group) is 1. The second-order valence-corrected chi connectivity index (χ2v) is 6.41. The molecular weight excluding hydrogens is 367 g/mol. The largest absolute Gasteiger partial charge is 0.418 e. The number of hydrogen-bond donors (Lipinski definition) is 1. The third-order valence-corrected chi connectivity index (χ3v) is 4.56. The summed E-state index contributed by atoms with van der Waals surface area (Å²) in [5.74, 6) is 0. The van der Waals surface area contributed by atoms with Crippen LogP contribution in [0.1, 0.15) is 25.0 Å². The Morgan fingerprint density at radius 1 is 0.929 bits per heavy atom. The number of rotatable bonds is 8. The molecule has 0 radical (unpaired) electrons. The number of para-hydroxylation sites is 1. The molecule has 2 amide bonds. The fourth-order valence-electron chi connectivity index (χ4n) is 2.89. The van der Waals surface area contributed by atoms with Crippen LogP contribution in [0, 0.1) is 0 Å². The number of nitrogens with one attached hydrogen (secondary N) is 1. The van der Waals surface area contributed by atoms with Gasteiger partial charge in [-0.15, -0.1) is 0 Å². The van der Waals surface area contributed by atoms with E-state index >= 15 is 0 Å². The van der Waals surface area contributed by atoms with Gasteiger partial charge in [-0.1, -0.05) is 56.3 Å². The predicted octanol–water partition coefficient (Wildman–Crippen LogP) is 5.08. The summed E-state index contributed by atoms with van der Waals surface area (Å²) in [4.78, 5) is 16.5. The molecule has 7 heteroatoms. The van der Waals surface area contributed by atoms with Crippen molar-refractivity contribution in [3.8, 4) is 0 Å². The monoisotopic (exact) mass is 393 g/mol. The van der Waals surface area contributed by atoms with Crippen LogP contribution in [-0.2, 0) is 12.7 Å². The molecule has 0 unspecified atom stereocenters. The highest BCUT2D eigenvalue weighted by atomic mass is 19.4. The van der Waals surface area contributed by atoms with Gasteiger partial charge in [0.05, 0.1) is 11.3 Å². The van der Waals surface area contributed by atoms with Crippen molar-refractivity contribution in [2.75, 3.05) is 31.5 Å². The Morgan fingerprint density at radius 3 is 2.14 bits per heavy atom. The van der Waals surface area contributed by atoms with Crippen molar-refractivity contribution in [3.05, 3.63) is 65.7 Å². The van der Waals surface area contributed by atoms with Crippen molar-refractivity contribution >= 4 is 11.7 Å². The van der Waals surface area contributed by atoms with E-state index in [1.807, 2.05) is 44.2 Å². The molecule has 0 saturated carbocycles. The number of amides is 2. The molecule has 0 aliphatic carbocycles. The maximum atomic E-state index is 13.2. The Kier molecular flexibility index (Phi) is 7.87. The summed E-state index contributed by atoms with van der Waals surface area (Å²) in [5.41, 5.74) is -0.172. The van der Waals surface area contributed by atoms with Crippen LogP contribution in [0.3, 0.4) is 0 Å². The summed E-state index contributed by atoms with van der Waals surface area (Å²) >= 11 is 0. The maximum absolute atomic E-state index is 13.2. The molecule has 0 atom stereocenters. The van der Waals surface area contributed by atoms with Gasteiger partial charge in [0, 0.05) is 19.6 Å². The number of carbonyl (C=O) groups excluding carboxylic acids is 1. The molecule has 2 aromatic rings. The first kappa shape index (κ1) is 21.8. The molecule has 0 aromatic heterocycles. The molecule has 0 spiro atoms. The van der Waals surface area contributed by atoms with E-state index in [-0.39, 0.29) is 5.69 Å². The number of benzene rings is 2. The average molecular weight is 393 g/mol. The highest BCUT2D eigenvalue weighted by Crippen LogP contribution is 2.34. The molecule has 4 nitrogen and oxygen atoms in total. The van der Waals surface area contributed by atoms with Gasteiger partial charge in [-0.2, -0.15) is 13.2 Å². The van der Waals surface area contributed by atoms with Gasteiger partial charge in [-0.3, -0.25) is 0 Å². The topological polar surface area (TPSA) is 35.6 Å². The van der Waals surface area contributed by atoms with E-state index in [0.29, 0.717) is 19.6 Å². The van der Waals surface area contributed by atoms with E-state index in [4.69, 9.17) is 0 Å². The minimum Gasteiger partial charge on any atom is -0.319 e. The van der Waals surface area contributed by atoms with E-state index in [1.165, 1.54) is 18.2 Å². The van der Waals surface area contributed by atoms with Crippen LogP contribution < -0.4 is 5.32 Å². The van der Waals surface area contributed by atoms with Crippen LogP contribution in [0.25, 0.3) is 0 Å². The summed E-state index contributed by atoms with van der Waals surface area (Å²) in [5, 5.41) is 2.45. The summed E-state index contributed by atoms with van der Waals surface area (Å²) in [6.45, 7) is 7.13. The van der Waals surface area contributed by atoms with Gasteiger partial charge < -0.3 is 15.1 Å². The molecule has 0 heterocycles. The number of hydrogen-bond acceptors (Lipinski definition) is 2. The summed E-state index contributed by atoms with van der Waals surface area (Å²) in [6.07, 6.45) is -4.53. The lowest BCUT2D eigenvalue weighted by molar-refractivity contribution is -0.136. The van der Waals surface area contributed by atoms with Crippen molar-refractivity contribution in [1.29, 1.82) is 0 Å². The second kappa shape index (κ2) is 10.1. The van der Waals surface area contributed by atoms with Gasteiger partial charge in [0.1, 0.15) is 0 Å². The smallest absolute Gasteiger partial charge is 0.319 e. The minimum atomic E-state index is -4.53. The lowest BCUT2D eigenvalue weighted by Gasteiger charge is -2.27. The second-order valence-electron chi connectivity index (χ2n) is 6.41. The molecule has 2 aromatic carbocycles. The number of urea groups is 1. The molecule has 0 bridgehead atoms. The van der Waals surface area contributed by atoms with Crippen molar-refractivity contribution in [1.82, 2.24) is 9.80 Å². The Morgan fingerprint density at radius 2 is 1.54 bits per heavy atom. The summed E-state index contributed by atoms with van der Waals surface area (Å²) < 4.78 is 39.7. The lowest BCUT2D eigenvalue weighted by atomic mass is 10.1. The van der Waals surface area contributed by atoms with Crippen LogP contribution in [0.4, 0.5) is 23.7 Å². The number of nitrogens with zero attached hydrogens (tertiary/aromatic N) is 2. The number of halogens is 3. The zero-order valence-corrected chi connectivity index (χ0v) is 16.2. The zero-order chi connectivity index (χ0) is 20.6. The molecule has 28 heavy (non-hydrogen) atoms. The van der Waals surface area contributed by atoms with Gasteiger partial charge in [0.15, 0.2) is 0 Å². The molecule has 0 fully saturated rings. The van der Waals surface area contributed by atoms with Gasteiger partial charge in [0.2, 0.25) is 0 Å². The van der Waals surface area contributed by atoms with Gasteiger partial charge >= 0.3 is 12.2 Å². The van der Waals surface area contributed by atoms with Crippen molar-refractivity contribution in [2.24, 2.45) is 0 Å². The van der Waals surface area contributed by atoms with Gasteiger partial charge in [-0.25, -0.2) is 4.79 Å². The first-order valence-corrected chi connectivity index (χ1v) is 9.33. The Bertz CT molecular complexity index is 746. The lowest BCUT2D eigenvalue weighted by Crippen LogP contribution is -2.40. The van der Waals surface area contributed by atoms with E-state index < -0.39 is 17.8 Å². The first-order chi connectivity index (χ1) is 13.3. The SMILES string of the molecule is CCN(CC)CCN(Cc1ccccc1)C(=O)Nc1ccccc1C(F)(F)F. The van der Waals surface area contributed by atoms with Crippen molar-refractivity contribution < 1.29 is 18.0 Å². The van der Waals surface area contributed by atoms with Crippen LogP contribution in [-0.4, -0.2) is 42.0 Å². The van der Waals surface area contributed by atoms with E-state index in [1.54, 1.807) is 4.90 Å². The average Bonchev–Trinajstić information content (AvgIpc) is 2.68. The highest BCUT2D eigenvalue weighted by molar-refractivity contribution is 5.90. The maximum Gasteiger partial charge on any atom is 0.418 e. The molecule has 152 valence electrons. The number of alkyl halides is 3. The fraction of sp³-hybridized carbons (Fsp3) is 0.381. The molecule has 0 aliphatic rings. The Labute approximate surface area is 164 Å². The summed E-state index contributed by atoms with van der Waals surface area (Å²) in [6, 6.07) is 13.9. The minimum absolute atomic E-state index is 0.235. The molecule has 0 aliphatic heterocycles. The summed E-state index contributed by atoms with van der Waals surface area (Å²) in [7, 11) is 0. The van der Waals surface area contributed by atoms with Crippen LogP contribution >= 0.6 is 0 Å². The normalized spacial score (nSPS) is 11.5. The molecular formula is C21H26F3N3O. The van der Waals surface area contributed by atoms with Crippen molar-refractivity contribution in [3.63, 3.8) is 0 Å². The number of carbonyl (C=O) groups is 1. The highest BCUT2D eigenvalue weighted by Gasteiger charge is 2.33. The van der Waals surface area contributed by atoms with Crippen LogP contribution in [0.5, 0.6) is 0 Å². The molecule has 0 saturated heterocycles. The van der Waals surface area contributed by atoms with Crippen LogP contribution in [0.2, 0.25) is 0 Å². The Balaban J connectivity index is 2.18. The Hall–Kier alpha value is -2.54.